The molecule has 0 aliphatic heterocycles. The van der Waals surface area contributed by atoms with Crippen LogP contribution in [-0.2, 0) is 16.6 Å². The summed E-state index contributed by atoms with van der Waals surface area (Å²) in [5, 5.41) is 2.75. The van der Waals surface area contributed by atoms with Crippen molar-refractivity contribution in [2.75, 3.05) is 12.4 Å². The van der Waals surface area contributed by atoms with Gasteiger partial charge in [0.2, 0.25) is 10.0 Å². The molecule has 0 aliphatic carbocycles. The quantitative estimate of drug-likeness (QED) is 0.892. The van der Waals surface area contributed by atoms with Crippen LogP contribution in [0.25, 0.3) is 0 Å². The Hall–Kier alpha value is -1.99. The number of nitrogens with one attached hydrogen (secondary N) is 2. The van der Waals surface area contributed by atoms with Crippen LogP contribution in [0, 0.1) is 11.6 Å². The Morgan fingerprint density at radius 3 is 2.24 bits per heavy atom. The van der Waals surface area contributed by atoms with Crippen LogP contribution in [0.15, 0.2) is 47.4 Å². The fourth-order valence-corrected chi connectivity index (χ4v) is 2.75. The van der Waals surface area contributed by atoms with Gasteiger partial charge in [-0.2, -0.15) is 0 Å². The number of hydrogen-bond acceptors (Lipinski definition) is 3. The summed E-state index contributed by atoms with van der Waals surface area (Å²) in [6.45, 7) is -0.158. The van der Waals surface area contributed by atoms with Gasteiger partial charge in [0.25, 0.3) is 0 Å². The maximum Gasteiger partial charge on any atom is 0.242 e. The van der Waals surface area contributed by atoms with Gasteiger partial charge in [0.15, 0.2) is 0 Å². The lowest BCUT2D eigenvalue weighted by Gasteiger charge is -2.12. The van der Waals surface area contributed by atoms with E-state index in [9.17, 15) is 17.2 Å². The zero-order valence-electron chi connectivity index (χ0n) is 11.2. The van der Waals surface area contributed by atoms with Gasteiger partial charge in [-0.05, 0) is 31.3 Å². The number of anilines is 1. The van der Waals surface area contributed by atoms with E-state index < -0.39 is 21.7 Å². The standard InChI is InChI=1S/C14H14F2N2O2S/c1-17-21(19,20)14-8-3-2-7-13(14)18-9-10-11(15)5-4-6-12(10)16/h2-8,17-18H,9H2,1H3. The van der Waals surface area contributed by atoms with Gasteiger partial charge in [-0.1, -0.05) is 18.2 Å². The monoisotopic (exact) mass is 312 g/mol. The number of rotatable bonds is 5. The Labute approximate surface area is 121 Å². The van der Waals surface area contributed by atoms with E-state index in [0.717, 1.165) is 12.1 Å². The first-order valence-electron chi connectivity index (χ1n) is 6.15. The molecule has 0 saturated heterocycles. The molecule has 4 nitrogen and oxygen atoms in total. The second kappa shape index (κ2) is 6.19. The normalized spacial score (nSPS) is 11.4. The summed E-state index contributed by atoms with van der Waals surface area (Å²) < 4.78 is 53.0. The van der Waals surface area contributed by atoms with Crippen LogP contribution in [0.4, 0.5) is 14.5 Å². The zero-order chi connectivity index (χ0) is 15.5. The lowest BCUT2D eigenvalue weighted by Crippen LogP contribution is -2.20. The third-order valence-electron chi connectivity index (χ3n) is 2.96. The molecule has 0 radical (unpaired) electrons. The van der Waals surface area contributed by atoms with Gasteiger partial charge in [0, 0.05) is 12.1 Å². The molecule has 7 heteroatoms. The molecule has 0 atom stereocenters. The van der Waals surface area contributed by atoms with Crippen molar-refractivity contribution >= 4 is 15.7 Å². The van der Waals surface area contributed by atoms with Crippen LogP contribution in [0.3, 0.4) is 0 Å². The Morgan fingerprint density at radius 1 is 1.00 bits per heavy atom. The van der Waals surface area contributed by atoms with Gasteiger partial charge in [-0.15, -0.1) is 0 Å². The molecule has 2 aromatic rings. The van der Waals surface area contributed by atoms with Gasteiger partial charge in [-0.25, -0.2) is 21.9 Å². The molecule has 0 aromatic heterocycles. The molecule has 0 saturated carbocycles. The highest BCUT2D eigenvalue weighted by Crippen LogP contribution is 2.22. The van der Waals surface area contributed by atoms with Crippen LogP contribution in [0.2, 0.25) is 0 Å². The lowest BCUT2D eigenvalue weighted by molar-refractivity contribution is 0.560. The average molecular weight is 312 g/mol. The molecule has 0 amide bonds. The highest BCUT2D eigenvalue weighted by atomic mass is 32.2. The molecule has 2 aromatic carbocycles. The second-order valence-corrected chi connectivity index (χ2v) is 6.11. The maximum absolute atomic E-state index is 13.5. The van der Waals surface area contributed by atoms with Crippen LogP contribution in [0.5, 0.6) is 0 Å². The molecule has 0 fully saturated rings. The minimum atomic E-state index is -3.65. The first kappa shape index (κ1) is 15.4. The Balaban J connectivity index is 2.30. The van der Waals surface area contributed by atoms with Gasteiger partial charge in [-0.3, -0.25) is 0 Å². The average Bonchev–Trinajstić information content (AvgIpc) is 2.47. The van der Waals surface area contributed by atoms with E-state index in [4.69, 9.17) is 0 Å². The van der Waals surface area contributed by atoms with E-state index in [1.165, 1.54) is 25.2 Å². The minimum Gasteiger partial charge on any atom is -0.380 e. The van der Waals surface area contributed by atoms with E-state index in [0.29, 0.717) is 0 Å². The topological polar surface area (TPSA) is 58.2 Å². The van der Waals surface area contributed by atoms with Gasteiger partial charge in [0.1, 0.15) is 16.5 Å². The van der Waals surface area contributed by atoms with Crippen molar-refractivity contribution in [1.29, 1.82) is 0 Å². The predicted octanol–water partition coefficient (Wildman–Crippen LogP) is 2.49. The van der Waals surface area contributed by atoms with Crippen molar-refractivity contribution in [3.05, 3.63) is 59.7 Å². The number of sulfonamides is 1. The Kier molecular flexibility index (Phi) is 4.54. The van der Waals surface area contributed by atoms with Gasteiger partial charge in [0.05, 0.1) is 5.69 Å². The number of halogens is 2. The van der Waals surface area contributed by atoms with Crippen molar-refractivity contribution in [3.63, 3.8) is 0 Å². The third-order valence-corrected chi connectivity index (χ3v) is 4.44. The number of hydrogen-bond donors (Lipinski definition) is 2. The molecule has 21 heavy (non-hydrogen) atoms. The van der Waals surface area contributed by atoms with Gasteiger partial charge >= 0.3 is 0 Å². The van der Waals surface area contributed by atoms with Crippen molar-refractivity contribution < 1.29 is 17.2 Å². The van der Waals surface area contributed by atoms with E-state index in [1.807, 2.05) is 0 Å². The smallest absolute Gasteiger partial charge is 0.242 e. The molecule has 0 unspecified atom stereocenters. The summed E-state index contributed by atoms with van der Waals surface area (Å²) in [6.07, 6.45) is 0. The third kappa shape index (κ3) is 3.37. The first-order valence-corrected chi connectivity index (χ1v) is 7.63. The number of para-hydroxylation sites is 1. The molecule has 0 aliphatic rings. The van der Waals surface area contributed by atoms with Crippen LogP contribution in [0.1, 0.15) is 5.56 Å². The zero-order valence-corrected chi connectivity index (χ0v) is 12.0. The van der Waals surface area contributed by atoms with Gasteiger partial charge < -0.3 is 5.32 Å². The predicted molar refractivity (Wildman–Crippen MR) is 76.4 cm³/mol. The molecular formula is C14H14F2N2O2S. The first-order chi connectivity index (χ1) is 9.95. The Bertz CT molecular complexity index is 728. The second-order valence-electron chi connectivity index (χ2n) is 4.26. The van der Waals surface area contributed by atoms with Crippen molar-refractivity contribution in [3.8, 4) is 0 Å². The molecule has 0 spiro atoms. The van der Waals surface area contributed by atoms with Crippen molar-refractivity contribution in [2.24, 2.45) is 0 Å². The molecule has 2 N–H and O–H groups in total. The lowest BCUT2D eigenvalue weighted by atomic mass is 10.2. The summed E-state index contributed by atoms with van der Waals surface area (Å²) in [5.41, 5.74) is 0.128. The molecule has 0 heterocycles. The van der Waals surface area contributed by atoms with Crippen LogP contribution >= 0.6 is 0 Å². The van der Waals surface area contributed by atoms with E-state index in [-0.39, 0.29) is 22.7 Å². The highest BCUT2D eigenvalue weighted by Gasteiger charge is 2.16. The van der Waals surface area contributed by atoms with E-state index >= 15 is 0 Å². The van der Waals surface area contributed by atoms with Crippen molar-refractivity contribution in [2.45, 2.75) is 11.4 Å². The molecule has 0 bridgehead atoms. The summed E-state index contributed by atoms with van der Waals surface area (Å²) in [5.74, 6) is -1.37. The summed E-state index contributed by atoms with van der Waals surface area (Å²) in [7, 11) is -2.36. The molecular weight excluding hydrogens is 298 g/mol. The molecule has 2 rings (SSSR count). The summed E-state index contributed by atoms with van der Waals surface area (Å²) in [6, 6.07) is 9.71. The fraction of sp³-hybridized carbons (Fsp3) is 0.143. The van der Waals surface area contributed by atoms with E-state index in [2.05, 4.69) is 10.0 Å². The molecule has 112 valence electrons. The minimum absolute atomic E-state index is 0.0178. The van der Waals surface area contributed by atoms with E-state index in [1.54, 1.807) is 12.1 Å². The largest absolute Gasteiger partial charge is 0.380 e. The van der Waals surface area contributed by atoms with Crippen molar-refractivity contribution in [1.82, 2.24) is 4.72 Å². The SMILES string of the molecule is CNS(=O)(=O)c1ccccc1NCc1c(F)cccc1F. The van der Waals surface area contributed by atoms with Crippen LogP contribution in [-0.4, -0.2) is 15.5 Å². The number of benzene rings is 2. The fourth-order valence-electron chi connectivity index (χ4n) is 1.84. The highest BCUT2D eigenvalue weighted by molar-refractivity contribution is 7.89. The Morgan fingerprint density at radius 2 is 1.62 bits per heavy atom. The van der Waals surface area contributed by atoms with Crippen LogP contribution < -0.4 is 10.0 Å². The summed E-state index contributed by atoms with van der Waals surface area (Å²) >= 11 is 0. The summed E-state index contributed by atoms with van der Waals surface area (Å²) in [4.78, 5) is 0.0178. The maximum atomic E-state index is 13.5.